The summed E-state index contributed by atoms with van der Waals surface area (Å²) in [6.45, 7) is 0. The molecule has 9 heteroatoms. The molecule has 1 aromatic heterocycles. The Morgan fingerprint density at radius 2 is 1.86 bits per heavy atom. The van der Waals surface area contributed by atoms with Crippen molar-refractivity contribution in [2.75, 3.05) is 10.5 Å². The average molecular weight is 333 g/mol. The van der Waals surface area contributed by atoms with E-state index in [1.54, 1.807) is 0 Å². The Hall–Kier alpha value is -1.19. The maximum Gasteiger partial charge on any atom is 0.255 e. The number of sulfonamides is 2. The molecular formula is C12H19N3O4S2. The molecule has 3 N–H and O–H groups in total. The highest BCUT2D eigenvalue weighted by atomic mass is 32.2. The van der Waals surface area contributed by atoms with Gasteiger partial charge in [0.05, 0.1) is 17.6 Å². The van der Waals surface area contributed by atoms with Crippen LogP contribution in [0, 0.1) is 5.92 Å². The lowest BCUT2D eigenvalue weighted by molar-refractivity contribution is 0.522. The third-order valence-corrected chi connectivity index (χ3v) is 5.72. The maximum atomic E-state index is 12.0. The summed E-state index contributed by atoms with van der Waals surface area (Å²) in [6.07, 6.45) is 6.35. The molecule has 0 amide bonds. The third kappa shape index (κ3) is 4.94. The Kier molecular flexibility index (Phi) is 4.84. The van der Waals surface area contributed by atoms with Crippen LogP contribution in [0.25, 0.3) is 0 Å². The summed E-state index contributed by atoms with van der Waals surface area (Å²) < 4.78 is 48.4. The van der Waals surface area contributed by atoms with Gasteiger partial charge >= 0.3 is 0 Å². The fourth-order valence-electron chi connectivity index (χ4n) is 2.46. The Labute approximate surface area is 125 Å². The smallest absolute Gasteiger partial charge is 0.255 e. The molecule has 2 rings (SSSR count). The van der Waals surface area contributed by atoms with E-state index >= 15 is 0 Å². The summed E-state index contributed by atoms with van der Waals surface area (Å²) in [4.78, 5) is 3.63. The summed E-state index contributed by atoms with van der Waals surface area (Å²) in [5.41, 5.74) is 0.230. The van der Waals surface area contributed by atoms with Gasteiger partial charge in [0.1, 0.15) is 0 Å². The van der Waals surface area contributed by atoms with Crippen LogP contribution in [0.2, 0.25) is 0 Å². The number of nitrogens with two attached hydrogens (primary N) is 1. The van der Waals surface area contributed by atoms with Crippen LogP contribution in [-0.4, -0.2) is 27.6 Å². The standard InChI is InChI=1S/C12H19N3O4S2/c13-21(18,19)12-6-5-11(9-14-12)15-20(16,17)8-7-10-3-1-2-4-10/h5-6,9-10,15H,1-4,7-8H2,(H2,13,18,19). The molecule has 118 valence electrons. The molecule has 1 aliphatic rings. The number of anilines is 1. The first-order valence-corrected chi connectivity index (χ1v) is 9.95. The fraction of sp³-hybridized carbons (Fsp3) is 0.583. The molecule has 0 aromatic carbocycles. The molecule has 1 aromatic rings. The Balaban J connectivity index is 1.96. The lowest BCUT2D eigenvalue weighted by Gasteiger charge is -2.11. The van der Waals surface area contributed by atoms with Crippen LogP contribution in [0.4, 0.5) is 5.69 Å². The highest BCUT2D eigenvalue weighted by Crippen LogP contribution is 2.28. The minimum atomic E-state index is -3.87. The zero-order valence-electron chi connectivity index (χ0n) is 11.5. The molecule has 1 saturated carbocycles. The molecule has 1 aliphatic carbocycles. The number of rotatable bonds is 6. The second kappa shape index (κ2) is 6.29. The molecule has 7 nitrogen and oxygen atoms in total. The van der Waals surface area contributed by atoms with E-state index in [1.807, 2.05) is 0 Å². The fourth-order valence-corrected chi connectivity index (χ4v) is 4.14. The van der Waals surface area contributed by atoms with Crippen molar-refractivity contribution in [3.63, 3.8) is 0 Å². The minimum Gasteiger partial charge on any atom is -0.282 e. The molecule has 0 aliphatic heterocycles. The summed E-state index contributed by atoms with van der Waals surface area (Å²) in [5, 5.41) is 4.63. The summed E-state index contributed by atoms with van der Waals surface area (Å²) in [5.74, 6) is 0.554. The highest BCUT2D eigenvalue weighted by Gasteiger charge is 2.19. The number of primary sulfonamides is 1. The van der Waals surface area contributed by atoms with E-state index in [9.17, 15) is 16.8 Å². The van der Waals surface area contributed by atoms with Gasteiger partial charge in [0.2, 0.25) is 10.0 Å². The monoisotopic (exact) mass is 333 g/mol. The number of nitrogens with one attached hydrogen (secondary N) is 1. The molecule has 0 saturated heterocycles. The zero-order valence-corrected chi connectivity index (χ0v) is 13.2. The van der Waals surface area contributed by atoms with Gasteiger partial charge in [0.15, 0.2) is 5.03 Å². The number of hydrogen-bond donors (Lipinski definition) is 2. The Bertz CT molecular complexity index is 678. The van der Waals surface area contributed by atoms with E-state index in [0.29, 0.717) is 12.3 Å². The Morgan fingerprint density at radius 3 is 2.38 bits per heavy atom. The van der Waals surface area contributed by atoms with Gasteiger partial charge < -0.3 is 0 Å². The first-order chi connectivity index (χ1) is 9.76. The predicted molar refractivity (Wildman–Crippen MR) is 79.6 cm³/mol. The van der Waals surface area contributed by atoms with Gasteiger partial charge in [-0.25, -0.2) is 27.0 Å². The van der Waals surface area contributed by atoms with Crippen LogP contribution in [0.5, 0.6) is 0 Å². The SMILES string of the molecule is NS(=O)(=O)c1ccc(NS(=O)(=O)CCC2CCCC2)cn1. The van der Waals surface area contributed by atoms with E-state index in [-0.39, 0.29) is 16.5 Å². The van der Waals surface area contributed by atoms with Crippen molar-refractivity contribution >= 4 is 25.7 Å². The minimum absolute atomic E-state index is 0.0641. The lowest BCUT2D eigenvalue weighted by Crippen LogP contribution is -2.19. The third-order valence-electron chi connectivity index (χ3n) is 3.57. The summed E-state index contributed by atoms with van der Waals surface area (Å²) in [6, 6.07) is 2.50. The van der Waals surface area contributed by atoms with Crippen molar-refractivity contribution < 1.29 is 16.8 Å². The first kappa shape index (κ1) is 16.2. The van der Waals surface area contributed by atoms with Crippen LogP contribution in [0.1, 0.15) is 32.1 Å². The van der Waals surface area contributed by atoms with E-state index in [1.165, 1.54) is 25.0 Å². The van der Waals surface area contributed by atoms with Crippen molar-refractivity contribution in [2.24, 2.45) is 11.1 Å². The number of aromatic nitrogens is 1. The van der Waals surface area contributed by atoms with E-state index in [4.69, 9.17) is 5.14 Å². The Morgan fingerprint density at radius 1 is 1.19 bits per heavy atom. The van der Waals surface area contributed by atoms with Crippen LogP contribution < -0.4 is 9.86 Å². The lowest BCUT2D eigenvalue weighted by atomic mass is 10.1. The van der Waals surface area contributed by atoms with Crippen molar-refractivity contribution in [1.29, 1.82) is 0 Å². The van der Waals surface area contributed by atoms with Crippen molar-refractivity contribution in [2.45, 2.75) is 37.1 Å². The maximum absolute atomic E-state index is 12.0. The molecule has 0 atom stereocenters. The van der Waals surface area contributed by atoms with Crippen molar-refractivity contribution in [3.05, 3.63) is 18.3 Å². The van der Waals surface area contributed by atoms with Gasteiger partial charge in [0.25, 0.3) is 10.0 Å². The predicted octanol–water partition coefficient (Wildman–Crippen LogP) is 1.05. The normalized spacial score (nSPS) is 17.0. The first-order valence-electron chi connectivity index (χ1n) is 6.76. The van der Waals surface area contributed by atoms with Gasteiger partial charge in [-0.3, -0.25) is 4.72 Å². The van der Waals surface area contributed by atoms with Gasteiger partial charge in [0, 0.05) is 0 Å². The number of nitrogens with zero attached hydrogens (tertiary/aromatic N) is 1. The summed E-state index contributed by atoms with van der Waals surface area (Å²) in [7, 11) is -7.31. The second-order valence-corrected chi connectivity index (χ2v) is 8.64. The molecule has 0 radical (unpaired) electrons. The number of pyridine rings is 1. The molecule has 21 heavy (non-hydrogen) atoms. The van der Waals surface area contributed by atoms with Crippen LogP contribution >= 0.6 is 0 Å². The highest BCUT2D eigenvalue weighted by molar-refractivity contribution is 7.92. The van der Waals surface area contributed by atoms with Crippen LogP contribution in [0.3, 0.4) is 0 Å². The van der Waals surface area contributed by atoms with E-state index in [2.05, 4.69) is 9.71 Å². The molecule has 0 bridgehead atoms. The van der Waals surface area contributed by atoms with Crippen LogP contribution in [0.15, 0.2) is 23.4 Å². The zero-order chi connectivity index (χ0) is 15.5. The van der Waals surface area contributed by atoms with Gasteiger partial charge in [-0.2, -0.15) is 0 Å². The van der Waals surface area contributed by atoms with E-state index in [0.717, 1.165) is 19.0 Å². The van der Waals surface area contributed by atoms with Crippen molar-refractivity contribution in [1.82, 2.24) is 4.98 Å². The van der Waals surface area contributed by atoms with Crippen LogP contribution in [-0.2, 0) is 20.0 Å². The van der Waals surface area contributed by atoms with E-state index < -0.39 is 20.0 Å². The van der Waals surface area contributed by atoms with Gasteiger partial charge in [-0.05, 0) is 24.5 Å². The molecule has 1 heterocycles. The molecular weight excluding hydrogens is 314 g/mol. The quantitative estimate of drug-likeness (QED) is 0.806. The van der Waals surface area contributed by atoms with Crippen molar-refractivity contribution in [3.8, 4) is 0 Å². The number of hydrogen-bond acceptors (Lipinski definition) is 5. The largest absolute Gasteiger partial charge is 0.282 e. The van der Waals surface area contributed by atoms with Gasteiger partial charge in [-0.1, -0.05) is 25.7 Å². The second-order valence-electron chi connectivity index (χ2n) is 5.29. The molecule has 1 fully saturated rings. The topological polar surface area (TPSA) is 119 Å². The average Bonchev–Trinajstić information content (AvgIpc) is 2.89. The molecule has 0 unspecified atom stereocenters. The summed E-state index contributed by atoms with van der Waals surface area (Å²) >= 11 is 0. The molecule has 0 spiro atoms. The van der Waals surface area contributed by atoms with Gasteiger partial charge in [-0.15, -0.1) is 0 Å².